The van der Waals surface area contributed by atoms with Gasteiger partial charge in [-0.2, -0.15) is 0 Å². The third-order valence-electron chi connectivity index (χ3n) is 3.66. The number of piperidine rings is 1. The topological polar surface area (TPSA) is 71.8 Å². The maximum Gasteiger partial charge on any atom is 0.407 e. The van der Waals surface area contributed by atoms with Crippen LogP contribution in [0, 0.1) is 13.8 Å². The first-order valence-electron chi connectivity index (χ1n) is 8.01. The lowest BCUT2D eigenvalue weighted by molar-refractivity contribution is 0.0447. The van der Waals surface area contributed by atoms with Crippen molar-refractivity contribution in [2.24, 2.45) is 0 Å². The number of likely N-dealkylation sites (tertiary alicyclic amines) is 1. The molecule has 0 radical (unpaired) electrons. The van der Waals surface area contributed by atoms with Crippen LogP contribution in [-0.4, -0.2) is 41.6 Å². The van der Waals surface area contributed by atoms with Crippen LogP contribution in [0.15, 0.2) is 10.5 Å². The second-order valence-corrected chi connectivity index (χ2v) is 7.11. The van der Waals surface area contributed by atoms with Gasteiger partial charge in [0, 0.05) is 24.7 Å². The van der Waals surface area contributed by atoms with E-state index in [2.05, 4.69) is 5.32 Å². The van der Waals surface area contributed by atoms with Gasteiger partial charge in [0.1, 0.15) is 11.4 Å². The number of hydrogen-bond donors (Lipinski definition) is 1. The van der Waals surface area contributed by atoms with Gasteiger partial charge in [0.25, 0.3) is 5.91 Å². The number of hydrogen-bond acceptors (Lipinski definition) is 4. The lowest BCUT2D eigenvalue weighted by atomic mass is 10.1. The number of nitrogens with one attached hydrogen (secondary N) is 1. The van der Waals surface area contributed by atoms with E-state index in [4.69, 9.17) is 9.15 Å². The molecule has 2 heterocycles. The van der Waals surface area contributed by atoms with Crippen LogP contribution in [0.4, 0.5) is 4.79 Å². The number of carbonyl (C=O) groups is 2. The molecule has 0 aromatic carbocycles. The second kappa shape index (κ2) is 6.64. The van der Waals surface area contributed by atoms with E-state index in [0.29, 0.717) is 18.8 Å². The minimum atomic E-state index is -0.531. The Morgan fingerprint density at radius 3 is 2.61 bits per heavy atom. The van der Waals surface area contributed by atoms with E-state index >= 15 is 0 Å². The van der Waals surface area contributed by atoms with E-state index in [1.807, 2.05) is 40.7 Å². The quantitative estimate of drug-likeness (QED) is 0.908. The van der Waals surface area contributed by atoms with Crippen LogP contribution in [-0.2, 0) is 4.74 Å². The van der Waals surface area contributed by atoms with Crippen LogP contribution in [0.5, 0.6) is 0 Å². The Hall–Kier alpha value is -1.98. The van der Waals surface area contributed by atoms with Crippen LogP contribution in [0.1, 0.15) is 55.5 Å². The van der Waals surface area contributed by atoms with Crippen LogP contribution >= 0.6 is 0 Å². The highest BCUT2D eigenvalue weighted by Crippen LogP contribution is 2.19. The number of amides is 2. The predicted molar refractivity (Wildman–Crippen MR) is 86.5 cm³/mol. The van der Waals surface area contributed by atoms with Crippen molar-refractivity contribution < 1.29 is 18.7 Å². The van der Waals surface area contributed by atoms with Gasteiger partial charge < -0.3 is 19.4 Å². The van der Waals surface area contributed by atoms with Crippen molar-refractivity contribution in [3.63, 3.8) is 0 Å². The van der Waals surface area contributed by atoms with E-state index in [1.54, 1.807) is 4.90 Å². The number of nitrogens with zero attached hydrogens (tertiary/aromatic N) is 1. The summed E-state index contributed by atoms with van der Waals surface area (Å²) in [6, 6.07) is 1.76. The molecule has 1 N–H and O–H groups in total. The van der Waals surface area contributed by atoms with Gasteiger partial charge in [0.2, 0.25) is 0 Å². The van der Waals surface area contributed by atoms with Crippen molar-refractivity contribution in [2.75, 3.05) is 13.1 Å². The van der Waals surface area contributed by atoms with E-state index in [0.717, 1.165) is 24.2 Å². The highest BCUT2D eigenvalue weighted by atomic mass is 16.6. The molecule has 1 aromatic heterocycles. The molecule has 128 valence electrons. The molecule has 2 amide bonds. The van der Waals surface area contributed by atoms with Gasteiger partial charge in [-0.05, 0) is 53.5 Å². The summed E-state index contributed by atoms with van der Waals surface area (Å²) in [4.78, 5) is 26.2. The maximum atomic E-state index is 12.6. The number of furan rings is 1. The molecule has 0 aliphatic carbocycles. The van der Waals surface area contributed by atoms with Gasteiger partial charge in [-0.1, -0.05) is 0 Å². The predicted octanol–water partition coefficient (Wildman–Crippen LogP) is 3.03. The Kier molecular flexibility index (Phi) is 5.02. The summed E-state index contributed by atoms with van der Waals surface area (Å²) in [5.41, 5.74) is 0.312. The van der Waals surface area contributed by atoms with E-state index in [-0.39, 0.29) is 11.9 Å². The molecule has 1 fully saturated rings. The zero-order chi connectivity index (χ0) is 17.2. The maximum absolute atomic E-state index is 12.6. The number of rotatable bonds is 2. The monoisotopic (exact) mass is 322 g/mol. The first-order chi connectivity index (χ1) is 10.7. The smallest absolute Gasteiger partial charge is 0.407 e. The SMILES string of the molecule is Cc1cc(C)c(C(=O)N2CCC[C@@H](NC(=O)OC(C)(C)C)C2)o1. The molecule has 1 aliphatic heterocycles. The second-order valence-electron chi connectivity index (χ2n) is 7.11. The number of aryl methyl sites for hydroxylation is 2. The summed E-state index contributed by atoms with van der Waals surface area (Å²) in [5, 5.41) is 2.85. The zero-order valence-electron chi connectivity index (χ0n) is 14.6. The van der Waals surface area contributed by atoms with Crippen molar-refractivity contribution in [1.82, 2.24) is 10.2 Å². The van der Waals surface area contributed by atoms with Crippen LogP contribution < -0.4 is 5.32 Å². The molecule has 0 unspecified atom stereocenters. The molecule has 0 spiro atoms. The van der Waals surface area contributed by atoms with Gasteiger partial charge in [-0.3, -0.25) is 4.79 Å². The molecule has 0 saturated carbocycles. The molecule has 1 aromatic rings. The van der Waals surface area contributed by atoms with E-state index in [9.17, 15) is 9.59 Å². The Morgan fingerprint density at radius 1 is 1.35 bits per heavy atom. The number of ether oxygens (including phenoxy) is 1. The third kappa shape index (κ3) is 4.74. The van der Waals surface area contributed by atoms with Crippen molar-refractivity contribution in [2.45, 2.75) is 59.1 Å². The fraction of sp³-hybridized carbons (Fsp3) is 0.647. The van der Waals surface area contributed by atoms with Crippen LogP contribution in [0.25, 0.3) is 0 Å². The van der Waals surface area contributed by atoms with Gasteiger partial charge in [0.05, 0.1) is 0 Å². The van der Waals surface area contributed by atoms with Gasteiger partial charge in [-0.25, -0.2) is 4.79 Å². The largest absolute Gasteiger partial charge is 0.456 e. The number of carbonyl (C=O) groups excluding carboxylic acids is 2. The van der Waals surface area contributed by atoms with Gasteiger partial charge in [-0.15, -0.1) is 0 Å². The van der Waals surface area contributed by atoms with Crippen molar-refractivity contribution >= 4 is 12.0 Å². The molecule has 2 rings (SSSR count). The summed E-state index contributed by atoms with van der Waals surface area (Å²) in [6.45, 7) is 10.3. The molecule has 1 saturated heterocycles. The summed E-state index contributed by atoms with van der Waals surface area (Å²) in [6.07, 6.45) is 1.23. The summed E-state index contributed by atoms with van der Waals surface area (Å²) in [5.74, 6) is 0.998. The highest BCUT2D eigenvalue weighted by molar-refractivity contribution is 5.93. The average molecular weight is 322 g/mol. The summed E-state index contributed by atoms with van der Waals surface area (Å²) >= 11 is 0. The standard InChI is InChI=1S/C17H26N2O4/c1-11-9-12(2)22-14(11)15(20)19-8-6-7-13(10-19)18-16(21)23-17(3,4)5/h9,13H,6-8,10H2,1-5H3,(H,18,21)/t13-/m1/s1. The highest BCUT2D eigenvalue weighted by Gasteiger charge is 2.29. The Labute approximate surface area is 137 Å². The van der Waals surface area contributed by atoms with Gasteiger partial charge in [0.15, 0.2) is 5.76 Å². The molecule has 6 nitrogen and oxygen atoms in total. The third-order valence-corrected chi connectivity index (χ3v) is 3.66. The van der Waals surface area contributed by atoms with Crippen LogP contribution in [0.2, 0.25) is 0 Å². The zero-order valence-corrected chi connectivity index (χ0v) is 14.6. The minimum Gasteiger partial charge on any atom is -0.456 e. The molecular formula is C17H26N2O4. The minimum absolute atomic E-state index is 0.0982. The van der Waals surface area contributed by atoms with Crippen LogP contribution in [0.3, 0.4) is 0 Å². The number of alkyl carbamates (subject to hydrolysis) is 1. The fourth-order valence-electron chi connectivity index (χ4n) is 2.75. The average Bonchev–Trinajstić information content (AvgIpc) is 2.75. The fourth-order valence-corrected chi connectivity index (χ4v) is 2.75. The molecular weight excluding hydrogens is 296 g/mol. The van der Waals surface area contributed by atoms with Crippen molar-refractivity contribution in [1.29, 1.82) is 0 Å². The lowest BCUT2D eigenvalue weighted by Crippen LogP contribution is -2.50. The molecule has 23 heavy (non-hydrogen) atoms. The first-order valence-corrected chi connectivity index (χ1v) is 8.01. The summed E-state index contributed by atoms with van der Waals surface area (Å²) < 4.78 is 10.8. The lowest BCUT2D eigenvalue weighted by Gasteiger charge is -2.33. The Balaban J connectivity index is 1.97. The normalized spacial score (nSPS) is 18.7. The Bertz CT molecular complexity index is 586. The Morgan fingerprint density at radius 2 is 2.04 bits per heavy atom. The molecule has 1 aliphatic rings. The first kappa shape index (κ1) is 17.4. The van der Waals surface area contributed by atoms with Crippen molar-refractivity contribution in [3.05, 3.63) is 23.2 Å². The molecule has 0 bridgehead atoms. The van der Waals surface area contributed by atoms with E-state index in [1.165, 1.54) is 0 Å². The summed E-state index contributed by atoms with van der Waals surface area (Å²) in [7, 11) is 0. The van der Waals surface area contributed by atoms with E-state index < -0.39 is 11.7 Å². The molecule has 6 heteroatoms. The molecule has 1 atom stereocenters. The van der Waals surface area contributed by atoms with Gasteiger partial charge >= 0.3 is 6.09 Å². The van der Waals surface area contributed by atoms with Crippen molar-refractivity contribution in [3.8, 4) is 0 Å².